The Morgan fingerprint density at radius 3 is 2.62 bits per heavy atom. The lowest BCUT2D eigenvalue weighted by Gasteiger charge is -2.34. The summed E-state index contributed by atoms with van der Waals surface area (Å²) in [5.74, 6) is 1.27. The molecule has 6 nitrogen and oxygen atoms in total. The normalized spacial score (nSPS) is 16.0. The molecule has 0 bridgehead atoms. The third kappa shape index (κ3) is 5.20. The van der Waals surface area contributed by atoms with E-state index in [0.717, 1.165) is 32.1 Å². The van der Waals surface area contributed by atoms with E-state index in [0.29, 0.717) is 12.3 Å². The summed E-state index contributed by atoms with van der Waals surface area (Å²) in [6.07, 6.45) is 0. The Bertz CT molecular complexity index is 669. The maximum absolute atomic E-state index is 12.2. The molecule has 0 unspecified atom stereocenters. The van der Waals surface area contributed by atoms with Gasteiger partial charge in [-0.15, -0.1) is 11.3 Å². The van der Waals surface area contributed by atoms with E-state index in [2.05, 4.69) is 21.7 Å². The number of morpholine rings is 1. The van der Waals surface area contributed by atoms with E-state index in [9.17, 15) is 4.79 Å². The summed E-state index contributed by atoms with van der Waals surface area (Å²) < 4.78 is 16.1. The van der Waals surface area contributed by atoms with E-state index >= 15 is 0 Å². The second-order valence-corrected chi connectivity index (χ2v) is 6.93. The number of hydrogen-bond donors (Lipinski definition) is 1. The van der Waals surface area contributed by atoms with Gasteiger partial charge in [-0.2, -0.15) is 0 Å². The second kappa shape index (κ2) is 9.56. The van der Waals surface area contributed by atoms with Gasteiger partial charge in [0, 0.05) is 24.5 Å². The first-order chi connectivity index (χ1) is 12.8. The molecule has 1 aromatic heterocycles. The summed E-state index contributed by atoms with van der Waals surface area (Å²) in [6.45, 7) is 3.77. The Morgan fingerprint density at radius 2 is 1.96 bits per heavy atom. The quantitative estimate of drug-likeness (QED) is 0.766. The van der Waals surface area contributed by atoms with Crippen LogP contribution in [0.4, 0.5) is 0 Å². The van der Waals surface area contributed by atoms with Crippen molar-refractivity contribution < 1.29 is 19.0 Å². The number of ether oxygens (including phenoxy) is 3. The molecule has 1 saturated heterocycles. The number of amides is 1. The number of carbonyl (C=O) groups excluding carboxylic acids is 1. The summed E-state index contributed by atoms with van der Waals surface area (Å²) in [6, 6.07) is 11.5. The molecule has 2 aromatic rings. The van der Waals surface area contributed by atoms with Crippen molar-refractivity contribution in [3.05, 3.63) is 46.7 Å². The van der Waals surface area contributed by atoms with Crippen LogP contribution in [0.1, 0.15) is 10.9 Å². The predicted octanol–water partition coefficient (Wildman–Crippen LogP) is 2.33. The Kier molecular flexibility index (Phi) is 6.88. The summed E-state index contributed by atoms with van der Waals surface area (Å²) >= 11 is 1.71. The number of thiophene rings is 1. The molecule has 3 rings (SSSR count). The molecule has 1 N–H and O–H groups in total. The van der Waals surface area contributed by atoms with Crippen LogP contribution in [0.3, 0.4) is 0 Å². The van der Waals surface area contributed by atoms with Crippen molar-refractivity contribution in [3.8, 4) is 11.5 Å². The van der Waals surface area contributed by atoms with Gasteiger partial charge in [0.15, 0.2) is 6.61 Å². The van der Waals surface area contributed by atoms with E-state index in [1.165, 1.54) is 4.88 Å². The van der Waals surface area contributed by atoms with Gasteiger partial charge < -0.3 is 19.5 Å². The monoisotopic (exact) mass is 376 g/mol. The van der Waals surface area contributed by atoms with Gasteiger partial charge in [-0.3, -0.25) is 9.69 Å². The number of carbonyl (C=O) groups is 1. The largest absolute Gasteiger partial charge is 0.497 e. The number of benzene rings is 1. The molecule has 26 heavy (non-hydrogen) atoms. The number of rotatable bonds is 8. The van der Waals surface area contributed by atoms with Crippen molar-refractivity contribution in [1.82, 2.24) is 10.2 Å². The number of hydrogen-bond acceptors (Lipinski definition) is 6. The maximum atomic E-state index is 12.2. The van der Waals surface area contributed by atoms with Gasteiger partial charge in [0.1, 0.15) is 11.5 Å². The highest BCUT2D eigenvalue weighted by Crippen LogP contribution is 2.25. The fraction of sp³-hybridized carbons (Fsp3) is 0.421. The number of methoxy groups -OCH3 is 1. The average Bonchev–Trinajstić information content (AvgIpc) is 3.22. The maximum Gasteiger partial charge on any atom is 0.258 e. The highest BCUT2D eigenvalue weighted by molar-refractivity contribution is 7.10. The van der Waals surface area contributed by atoms with Crippen molar-refractivity contribution in [1.29, 1.82) is 0 Å². The van der Waals surface area contributed by atoms with Crippen molar-refractivity contribution in [3.63, 3.8) is 0 Å². The molecule has 0 aliphatic carbocycles. The molecule has 1 atom stereocenters. The summed E-state index contributed by atoms with van der Waals surface area (Å²) in [7, 11) is 1.61. The highest BCUT2D eigenvalue weighted by Gasteiger charge is 2.23. The Hall–Kier alpha value is -2.09. The van der Waals surface area contributed by atoms with Crippen LogP contribution in [0.2, 0.25) is 0 Å². The fourth-order valence-corrected chi connectivity index (χ4v) is 3.72. The smallest absolute Gasteiger partial charge is 0.258 e. The molecule has 1 fully saturated rings. The van der Waals surface area contributed by atoms with E-state index in [1.807, 2.05) is 6.07 Å². The van der Waals surface area contributed by atoms with E-state index in [4.69, 9.17) is 14.2 Å². The van der Waals surface area contributed by atoms with Crippen LogP contribution < -0.4 is 14.8 Å². The molecule has 140 valence electrons. The first-order valence-corrected chi connectivity index (χ1v) is 9.53. The van der Waals surface area contributed by atoms with Crippen LogP contribution in [0.25, 0.3) is 0 Å². The molecule has 7 heteroatoms. The van der Waals surface area contributed by atoms with Gasteiger partial charge in [-0.1, -0.05) is 6.07 Å². The SMILES string of the molecule is COc1ccc(OCC(=O)NC[C@@H](c2cccs2)N2CCOCC2)cc1. The number of nitrogens with one attached hydrogen (secondary N) is 1. The zero-order chi connectivity index (χ0) is 18.2. The lowest BCUT2D eigenvalue weighted by Crippen LogP contribution is -2.44. The van der Waals surface area contributed by atoms with Crippen LogP contribution in [-0.2, 0) is 9.53 Å². The summed E-state index contributed by atoms with van der Waals surface area (Å²) in [5, 5.41) is 5.06. The zero-order valence-corrected chi connectivity index (χ0v) is 15.7. The molecule has 0 radical (unpaired) electrons. The Balaban J connectivity index is 1.50. The van der Waals surface area contributed by atoms with E-state index in [-0.39, 0.29) is 18.6 Å². The number of nitrogens with zero attached hydrogens (tertiary/aromatic N) is 1. The van der Waals surface area contributed by atoms with Crippen molar-refractivity contribution in [2.45, 2.75) is 6.04 Å². The van der Waals surface area contributed by atoms with Crippen LogP contribution in [0.5, 0.6) is 11.5 Å². The highest BCUT2D eigenvalue weighted by atomic mass is 32.1. The minimum Gasteiger partial charge on any atom is -0.497 e. The van der Waals surface area contributed by atoms with Crippen LogP contribution in [0, 0.1) is 0 Å². The molecule has 1 amide bonds. The molecular formula is C19H24N2O4S. The molecular weight excluding hydrogens is 352 g/mol. The minimum absolute atomic E-state index is 0.00734. The van der Waals surface area contributed by atoms with Crippen molar-refractivity contribution in [2.75, 3.05) is 46.6 Å². The Labute approximate surface area is 157 Å². The molecule has 0 saturated carbocycles. The van der Waals surface area contributed by atoms with Crippen LogP contribution in [0.15, 0.2) is 41.8 Å². The average molecular weight is 376 g/mol. The summed E-state index contributed by atoms with van der Waals surface area (Å²) in [4.78, 5) is 15.8. The van der Waals surface area contributed by atoms with E-state index < -0.39 is 0 Å². The predicted molar refractivity (Wildman–Crippen MR) is 101 cm³/mol. The van der Waals surface area contributed by atoms with Crippen molar-refractivity contribution in [2.24, 2.45) is 0 Å². The van der Waals surface area contributed by atoms with Crippen molar-refractivity contribution >= 4 is 17.2 Å². The third-order valence-corrected chi connectivity index (χ3v) is 5.25. The molecule has 2 heterocycles. The standard InChI is InChI=1S/C19H24N2O4S/c1-23-15-4-6-16(7-5-15)25-14-19(22)20-13-17(18-3-2-12-26-18)21-8-10-24-11-9-21/h2-7,12,17H,8-11,13-14H2,1H3,(H,20,22)/t17-/m0/s1. The first-order valence-electron chi connectivity index (χ1n) is 8.65. The molecule has 1 aromatic carbocycles. The van der Waals surface area contributed by atoms with Gasteiger partial charge in [0.25, 0.3) is 5.91 Å². The van der Waals surface area contributed by atoms with Crippen LogP contribution >= 0.6 is 11.3 Å². The topological polar surface area (TPSA) is 60.0 Å². The lowest BCUT2D eigenvalue weighted by atomic mass is 10.2. The molecule has 1 aliphatic rings. The van der Waals surface area contributed by atoms with Gasteiger partial charge in [-0.25, -0.2) is 0 Å². The van der Waals surface area contributed by atoms with Gasteiger partial charge >= 0.3 is 0 Å². The van der Waals surface area contributed by atoms with Crippen LogP contribution in [-0.4, -0.2) is 57.4 Å². The fourth-order valence-electron chi connectivity index (χ4n) is 2.86. The lowest BCUT2D eigenvalue weighted by molar-refractivity contribution is -0.123. The van der Waals surface area contributed by atoms with Gasteiger partial charge in [-0.05, 0) is 35.7 Å². The molecule has 0 spiro atoms. The first kappa shape index (κ1) is 18.7. The summed E-state index contributed by atoms with van der Waals surface area (Å²) in [5.41, 5.74) is 0. The zero-order valence-electron chi connectivity index (χ0n) is 14.8. The molecule has 1 aliphatic heterocycles. The second-order valence-electron chi connectivity index (χ2n) is 5.95. The Morgan fingerprint density at radius 1 is 1.23 bits per heavy atom. The van der Waals surface area contributed by atoms with E-state index in [1.54, 1.807) is 42.7 Å². The van der Waals surface area contributed by atoms with Gasteiger partial charge in [0.2, 0.25) is 0 Å². The third-order valence-electron chi connectivity index (χ3n) is 4.28. The van der Waals surface area contributed by atoms with Gasteiger partial charge in [0.05, 0.1) is 26.4 Å². The minimum atomic E-state index is -0.129.